The van der Waals surface area contributed by atoms with E-state index in [4.69, 9.17) is 4.52 Å². The molecule has 1 aromatic carbocycles. The molecular weight excluding hydrogens is 394 g/mol. The molecular formula is C20H22BrN3O2. The maximum atomic E-state index is 12.7. The third-order valence-electron chi connectivity index (χ3n) is 4.35. The number of hydrogen-bond acceptors (Lipinski definition) is 3. The number of aryl methyl sites for hydroxylation is 2. The number of nitrogens with zero attached hydrogens (tertiary/aromatic N) is 2. The summed E-state index contributed by atoms with van der Waals surface area (Å²) < 4.78 is 8.15. The van der Waals surface area contributed by atoms with Gasteiger partial charge in [0.05, 0.1) is 5.56 Å². The second-order valence-corrected chi connectivity index (χ2v) is 7.54. The topological polar surface area (TPSA) is 60.1 Å². The van der Waals surface area contributed by atoms with Gasteiger partial charge in [-0.05, 0) is 57.9 Å². The quantitative estimate of drug-likeness (QED) is 0.666. The highest BCUT2D eigenvalue weighted by Gasteiger charge is 2.19. The lowest BCUT2D eigenvalue weighted by Crippen LogP contribution is -2.34. The molecule has 0 saturated heterocycles. The second kappa shape index (κ2) is 7.50. The Balaban J connectivity index is 1.74. The molecule has 3 aromatic rings. The van der Waals surface area contributed by atoms with E-state index in [1.807, 2.05) is 56.5 Å². The summed E-state index contributed by atoms with van der Waals surface area (Å²) in [6.45, 7) is 7.74. The summed E-state index contributed by atoms with van der Waals surface area (Å²) in [5, 5.41) is 7.15. The number of carbonyl (C=O) groups excluding carboxylic acids is 1. The van der Waals surface area contributed by atoms with Gasteiger partial charge in [0, 0.05) is 28.0 Å². The van der Waals surface area contributed by atoms with Crippen molar-refractivity contribution in [3.05, 3.63) is 69.1 Å². The van der Waals surface area contributed by atoms with E-state index in [1.54, 1.807) is 0 Å². The van der Waals surface area contributed by atoms with Crippen LogP contribution in [-0.4, -0.2) is 21.7 Å². The molecule has 3 rings (SSSR count). The maximum Gasteiger partial charge on any atom is 0.253 e. The van der Waals surface area contributed by atoms with Crippen molar-refractivity contribution in [3.8, 4) is 5.82 Å². The van der Waals surface area contributed by atoms with Crippen LogP contribution in [0.3, 0.4) is 0 Å². The van der Waals surface area contributed by atoms with Crippen molar-refractivity contribution < 1.29 is 9.32 Å². The minimum absolute atomic E-state index is 0.0287. The van der Waals surface area contributed by atoms with Crippen LogP contribution in [0.25, 0.3) is 5.82 Å². The molecule has 1 atom stereocenters. The number of rotatable bonds is 5. The van der Waals surface area contributed by atoms with Gasteiger partial charge in [0.25, 0.3) is 5.91 Å². The minimum Gasteiger partial charge on any atom is -0.360 e. The molecule has 0 bridgehead atoms. The maximum absolute atomic E-state index is 12.7. The van der Waals surface area contributed by atoms with E-state index in [0.29, 0.717) is 11.4 Å². The molecule has 0 fully saturated rings. The average Bonchev–Trinajstić information content (AvgIpc) is 3.12. The smallest absolute Gasteiger partial charge is 0.253 e. The number of carbonyl (C=O) groups is 1. The van der Waals surface area contributed by atoms with Crippen LogP contribution in [0.2, 0.25) is 0 Å². The summed E-state index contributed by atoms with van der Waals surface area (Å²) in [5.41, 5.74) is 3.64. The van der Waals surface area contributed by atoms with Crippen molar-refractivity contribution in [2.75, 3.05) is 0 Å². The highest BCUT2D eigenvalue weighted by Crippen LogP contribution is 2.21. The molecule has 2 aromatic heterocycles. The Kier molecular flexibility index (Phi) is 5.32. The monoisotopic (exact) mass is 415 g/mol. The Morgan fingerprint density at radius 1 is 1.23 bits per heavy atom. The summed E-state index contributed by atoms with van der Waals surface area (Å²) in [4.78, 5) is 12.7. The Morgan fingerprint density at radius 2 is 1.92 bits per heavy atom. The van der Waals surface area contributed by atoms with E-state index in [2.05, 4.69) is 38.5 Å². The zero-order chi connectivity index (χ0) is 18.8. The summed E-state index contributed by atoms with van der Waals surface area (Å²) in [7, 11) is 0. The fraction of sp³-hybridized carbons (Fsp3) is 0.300. The van der Waals surface area contributed by atoms with Crippen molar-refractivity contribution in [1.29, 1.82) is 0 Å². The SMILES string of the molecule is Cc1cc(-n2c(C)cc(C(=O)NC(C)Cc3ccc(Br)cc3)c2C)no1. The molecule has 0 aliphatic rings. The molecule has 5 nitrogen and oxygen atoms in total. The Labute approximate surface area is 161 Å². The van der Waals surface area contributed by atoms with Gasteiger partial charge in [-0.25, -0.2) is 0 Å². The first-order chi connectivity index (χ1) is 12.3. The third kappa shape index (κ3) is 3.90. The molecule has 26 heavy (non-hydrogen) atoms. The molecule has 2 heterocycles. The van der Waals surface area contributed by atoms with Gasteiger partial charge in [-0.3, -0.25) is 9.36 Å². The van der Waals surface area contributed by atoms with Crippen LogP contribution >= 0.6 is 15.9 Å². The predicted octanol–water partition coefficient (Wildman–Crippen LogP) is 4.51. The van der Waals surface area contributed by atoms with Gasteiger partial charge >= 0.3 is 0 Å². The molecule has 0 radical (unpaired) electrons. The standard InChI is InChI=1S/C20H22BrN3O2/c1-12(9-16-5-7-17(21)8-6-16)22-20(25)18-10-13(2)24(15(18)4)19-11-14(3)26-23-19/h5-8,10-12H,9H2,1-4H3,(H,22,25). The molecule has 1 N–H and O–H groups in total. The highest BCUT2D eigenvalue weighted by molar-refractivity contribution is 9.10. The van der Waals surface area contributed by atoms with Crippen LogP contribution in [0.1, 0.15) is 40.0 Å². The van der Waals surface area contributed by atoms with E-state index in [0.717, 1.165) is 28.0 Å². The van der Waals surface area contributed by atoms with Crippen LogP contribution in [0.15, 0.2) is 45.4 Å². The molecule has 0 spiro atoms. The number of halogens is 1. The first-order valence-corrected chi connectivity index (χ1v) is 9.32. The van der Waals surface area contributed by atoms with Gasteiger partial charge in [0.2, 0.25) is 0 Å². The Morgan fingerprint density at radius 3 is 2.54 bits per heavy atom. The van der Waals surface area contributed by atoms with Crippen molar-refractivity contribution in [1.82, 2.24) is 15.0 Å². The number of aromatic nitrogens is 2. The summed E-state index contributed by atoms with van der Waals surface area (Å²) in [6, 6.07) is 11.9. The van der Waals surface area contributed by atoms with E-state index in [-0.39, 0.29) is 11.9 Å². The van der Waals surface area contributed by atoms with Crippen LogP contribution in [0.4, 0.5) is 0 Å². The zero-order valence-electron chi connectivity index (χ0n) is 15.3. The third-order valence-corrected chi connectivity index (χ3v) is 4.88. The number of hydrogen-bond donors (Lipinski definition) is 1. The van der Waals surface area contributed by atoms with E-state index >= 15 is 0 Å². The molecule has 1 unspecified atom stereocenters. The van der Waals surface area contributed by atoms with Gasteiger partial charge in [0.15, 0.2) is 5.82 Å². The predicted molar refractivity (Wildman–Crippen MR) is 105 cm³/mol. The van der Waals surface area contributed by atoms with Crippen LogP contribution in [-0.2, 0) is 6.42 Å². The molecule has 1 amide bonds. The molecule has 6 heteroatoms. The number of nitrogens with one attached hydrogen (secondary N) is 1. The van der Waals surface area contributed by atoms with Crippen molar-refractivity contribution in [3.63, 3.8) is 0 Å². The number of amides is 1. The second-order valence-electron chi connectivity index (χ2n) is 6.62. The van der Waals surface area contributed by atoms with Gasteiger partial charge in [-0.1, -0.05) is 33.2 Å². The fourth-order valence-corrected chi connectivity index (χ4v) is 3.39. The Bertz CT molecular complexity index is 925. The lowest BCUT2D eigenvalue weighted by molar-refractivity contribution is 0.0939. The molecule has 0 aliphatic carbocycles. The lowest BCUT2D eigenvalue weighted by atomic mass is 10.1. The van der Waals surface area contributed by atoms with E-state index in [9.17, 15) is 4.79 Å². The first-order valence-electron chi connectivity index (χ1n) is 8.53. The largest absolute Gasteiger partial charge is 0.360 e. The zero-order valence-corrected chi connectivity index (χ0v) is 16.9. The number of benzene rings is 1. The van der Waals surface area contributed by atoms with E-state index in [1.165, 1.54) is 5.56 Å². The van der Waals surface area contributed by atoms with Gasteiger partial charge in [0.1, 0.15) is 5.76 Å². The van der Waals surface area contributed by atoms with E-state index < -0.39 is 0 Å². The van der Waals surface area contributed by atoms with Crippen LogP contribution < -0.4 is 5.32 Å². The van der Waals surface area contributed by atoms with Gasteiger partial charge in [-0.2, -0.15) is 0 Å². The lowest BCUT2D eigenvalue weighted by Gasteiger charge is -2.14. The summed E-state index contributed by atoms with van der Waals surface area (Å²) in [5.74, 6) is 1.36. The summed E-state index contributed by atoms with van der Waals surface area (Å²) >= 11 is 3.44. The van der Waals surface area contributed by atoms with Crippen LogP contribution in [0.5, 0.6) is 0 Å². The molecule has 0 saturated carbocycles. The van der Waals surface area contributed by atoms with Crippen molar-refractivity contribution in [2.24, 2.45) is 0 Å². The average molecular weight is 416 g/mol. The Hall–Kier alpha value is -2.34. The normalized spacial score (nSPS) is 12.2. The van der Waals surface area contributed by atoms with Crippen LogP contribution in [0, 0.1) is 20.8 Å². The highest BCUT2D eigenvalue weighted by atomic mass is 79.9. The molecule has 0 aliphatic heterocycles. The van der Waals surface area contributed by atoms with Gasteiger partial charge < -0.3 is 9.84 Å². The van der Waals surface area contributed by atoms with Gasteiger partial charge in [-0.15, -0.1) is 0 Å². The summed E-state index contributed by atoms with van der Waals surface area (Å²) in [6.07, 6.45) is 0.778. The minimum atomic E-state index is -0.0748. The first kappa shape index (κ1) is 18.5. The van der Waals surface area contributed by atoms with Crippen molar-refractivity contribution >= 4 is 21.8 Å². The van der Waals surface area contributed by atoms with Crippen molar-refractivity contribution in [2.45, 2.75) is 40.2 Å². The molecule has 136 valence electrons. The fourth-order valence-electron chi connectivity index (χ4n) is 3.13.